The summed E-state index contributed by atoms with van der Waals surface area (Å²) in [6.45, 7) is 4.66. The minimum absolute atomic E-state index is 0.555. The van der Waals surface area contributed by atoms with Gasteiger partial charge in [-0.25, -0.2) is 0 Å². The van der Waals surface area contributed by atoms with Crippen molar-refractivity contribution in [2.75, 3.05) is 0 Å². The summed E-state index contributed by atoms with van der Waals surface area (Å²) in [4.78, 5) is 0. The van der Waals surface area contributed by atoms with E-state index < -0.39 is 0 Å². The van der Waals surface area contributed by atoms with Crippen molar-refractivity contribution in [3.05, 3.63) is 23.8 Å². The van der Waals surface area contributed by atoms with Crippen molar-refractivity contribution in [2.24, 2.45) is 11.3 Å². The Kier molecular flexibility index (Phi) is 1.86. The van der Waals surface area contributed by atoms with Crippen molar-refractivity contribution >= 4 is 0 Å². The second kappa shape index (κ2) is 2.76. The van der Waals surface area contributed by atoms with Crippen LogP contribution < -0.4 is 0 Å². The third-order valence-corrected chi connectivity index (χ3v) is 3.74. The highest BCUT2D eigenvalue weighted by Crippen LogP contribution is 2.47. The Bertz CT molecular complexity index is 234. The lowest BCUT2D eigenvalue weighted by Crippen LogP contribution is -2.24. The quantitative estimate of drug-likeness (QED) is 0.476. The molecule has 0 heteroatoms. The number of allylic oxidation sites excluding steroid dienone is 4. The largest absolute Gasteiger partial charge is 0.0877 e. The molecule has 0 bridgehead atoms. The van der Waals surface area contributed by atoms with E-state index in [4.69, 9.17) is 0 Å². The van der Waals surface area contributed by atoms with E-state index in [2.05, 4.69) is 32.1 Å². The smallest absolute Gasteiger partial charge is 0.00521 e. The third-order valence-electron chi connectivity index (χ3n) is 3.74. The van der Waals surface area contributed by atoms with Crippen LogP contribution in [0.1, 0.15) is 39.5 Å². The van der Waals surface area contributed by atoms with Crippen LogP contribution in [-0.2, 0) is 0 Å². The average molecular weight is 162 g/mol. The normalized spacial score (nSPS) is 40.5. The zero-order valence-corrected chi connectivity index (χ0v) is 8.14. The lowest BCUT2D eigenvalue weighted by Gasteiger charge is -2.35. The van der Waals surface area contributed by atoms with Crippen molar-refractivity contribution < 1.29 is 0 Å². The van der Waals surface area contributed by atoms with Gasteiger partial charge in [0.1, 0.15) is 0 Å². The molecule has 0 radical (unpaired) electrons. The van der Waals surface area contributed by atoms with Gasteiger partial charge in [0.15, 0.2) is 0 Å². The first kappa shape index (κ1) is 8.10. The molecule has 0 saturated heterocycles. The summed E-state index contributed by atoms with van der Waals surface area (Å²) in [6, 6.07) is 0. The fourth-order valence-electron chi connectivity index (χ4n) is 2.50. The first-order valence-electron chi connectivity index (χ1n) is 5.06. The molecule has 0 aliphatic heterocycles. The first-order valence-corrected chi connectivity index (χ1v) is 5.06. The summed E-state index contributed by atoms with van der Waals surface area (Å²) >= 11 is 0. The fraction of sp³-hybridized carbons (Fsp3) is 0.667. The molecular formula is C12H18. The zero-order chi connectivity index (χ0) is 8.60. The molecule has 0 aromatic carbocycles. The number of hydrogen-bond acceptors (Lipinski definition) is 0. The SMILES string of the molecule is CC1=CC[C@@]2(C=CC[C@H]2C)CC1. The van der Waals surface area contributed by atoms with Crippen molar-refractivity contribution in [1.29, 1.82) is 0 Å². The van der Waals surface area contributed by atoms with Crippen LogP contribution in [0.3, 0.4) is 0 Å². The van der Waals surface area contributed by atoms with Crippen molar-refractivity contribution in [3.63, 3.8) is 0 Å². The summed E-state index contributed by atoms with van der Waals surface area (Å²) in [5.41, 5.74) is 2.15. The van der Waals surface area contributed by atoms with Gasteiger partial charge in [0.05, 0.1) is 0 Å². The summed E-state index contributed by atoms with van der Waals surface area (Å²) in [5, 5.41) is 0. The van der Waals surface area contributed by atoms with Crippen molar-refractivity contribution in [3.8, 4) is 0 Å². The Morgan fingerprint density at radius 1 is 1.50 bits per heavy atom. The van der Waals surface area contributed by atoms with Gasteiger partial charge < -0.3 is 0 Å². The van der Waals surface area contributed by atoms with Crippen LogP contribution >= 0.6 is 0 Å². The second-order valence-electron chi connectivity index (χ2n) is 4.53. The molecule has 12 heavy (non-hydrogen) atoms. The van der Waals surface area contributed by atoms with Gasteiger partial charge in [-0.3, -0.25) is 0 Å². The minimum Gasteiger partial charge on any atom is -0.0877 e. The molecule has 0 saturated carbocycles. The Hall–Kier alpha value is -0.520. The highest BCUT2D eigenvalue weighted by molar-refractivity contribution is 5.18. The first-order chi connectivity index (χ1) is 5.73. The maximum Gasteiger partial charge on any atom is -0.00521 e. The number of rotatable bonds is 0. The van der Waals surface area contributed by atoms with E-state index in [-0.39, 0.29) is 0 Å². The van der Waals surface area contributed by atoms with Crippen LogP contribution in [0.4, 0.5) is 0 Å². The topological polar surface area (TPSA) is 0 Å². The van der Waals surface area contributed by atoms with Gasteiger partial charge in [-0.2, -0.15) is 0 Å². The van der Waals surface area contributed by atoms with Crippen molar-refractivity contribution in [2.45, 2.75) is 39.5 Å². The Labute approximate surface area is 75.4 Å². The summed E-state index contributed by atoms with van der Waals surface area (Å²) in [6.07, 6.45) is 12.6. The van der Waals surface area contributed by atoms with Gasteiger partial charge in [-0.05, 0) is 43.9 Å². The monoisotopic (exact) mass is 162 g/mol. The molecule has 0 fully saturated rings. The molecule has 2 rings (SSSR count). The Balaban J connectivity index is 2.18. The predicted molar refractivity (Wildman–Crippen MR) is 53.0 cm³/mol. The zero-order valence-electron chi connectivity index (χ0n) is 8.14. The molecule has 0 unspecified atom stereocenters. The van der Waals surface area contributed by atoms with E-state index in [0.717, 1.165) is 5.92 Å². The van der Waals surface area contributed by atoms with Gasteiger partial charge in [-0.15, -0.1) is 0 Å². The van der Waals surface area contributed by atoms with Crippen molar-refractivity contribution in [1.82, 2.24) is 0 Å². The molecule has 0 heterocycles. The van der Waals surface area contributed by atoms with Gasteiger partial charge in [0.25, 0.3) is 0 Å². The number of hydrogen-bond donors (Lipinski definition) is 0. The molecule has 2 atom stereocenters. The molecular weight excluding hydrogens is 144 g/mol. The predicted octanol–water partition coefficient (Wildman–Crippen LogP) is 3.70. The summed E-state index contributed by atoms with van der Waals surface area (Å²) in [7, 11) is 0. The lowest BCUT2D eigenvalue weighted by molar-refractivity contribution is 0.241. The average Bonchev–Trinajstić information content (AvgIpc) is 2.41. The molecule has 2 aliphatic carbocycles. The second-order valence-corrected chi connectivity index (χ2v) is 4.53. The lowest BCUT2D eigenvalue weighted by atomic mass is 9.69. The van der Waals surface area contributed by atoms with E-state index in [1.165, 1.54) is 25.7 Å². The van der Waals surface area contributed by atoms with Gasteiger partial charge in [0.2, 0.25) is 0 Å². The maximum atomic E-state index is 2.47. The Morgan fingerprint density at radius 3 is 2.83 bits per heavy atom. The Morgan fingerprint density at radius 2 is 2.33 bits per heavy atom. The third kappa shape index (κ3) is 1.14. The van der Waals surface area contributed by atoms with Crippen LogP contribution in [-0.4, -0.2) is 0 Å². The molecule has 0 nitrogen and oxygen atoms in total. The van der Waals surface area contributed by atoms with Crippen LogP contribution in [0, 0.1) is 11.3 Å². The molecule has 0 amide bonds. The van der Waals surface area contributed by atoms with Gasteiger partial charge >= 0.3 is 0 Å². The minimum atomic E-state index is 0.555. The van der Waals surface area contributed by atoms with E-state index in [1.54, 1.807) is 5.57 Å². The van der Waals surface area contributed by atoms with Crippen LogP contribution in [0.5, 0.6) is 0 Å². The van der Waals surface area contributed by atoms with E-state index in [1.807, 2.05) is 0 Å². The van der Waals surface area contributed by atoms with Gasteiger partial charge in [0, 0.05) is 0 Å². The summed E-state index contributed by atoms with van der Waals surface area (Å²) in [5.74, 6) is 0.877. The molecule has 66 valence electrons. The maximum absolute atomic E-state index is 2.47. The van der Waals surface area contributed by atoms with Crippen LogP contribution in [0.25, 0.3) is 0 Å². The highest BCUT2D eigenvalue weighted by Gasteiger charge is 2.36. The molecule has 0 aromatic rings. The fourth-order valence-corrected chi connectivity index (χ4v) is 2.50. The van der Waals surface area contributed by atoms with Crippen LogP contribution in [0.15, 0.2) is 23.8 Å². The molecule has 0 N–H and O–H groups in total. The van der Waals surface area contributed by atoms with Crippen LogP contribution in [0.2, 0.25) is 0 Å². The van der Waals surface area contributed by atoms with E-state index in [9.17, 15) is 0 Å². The molecule has 0 aromatic heterocycles. The molecule has 2 aliphatic rings. The standard InChI is InChI=1S/C12H18/c1-10-5-8-12(9-6-10)7-3-4-11(12)2/h3,5,7,11H,4,6,8-9H2,1-2H3/t11-,12+/m1/s1. The van der Waals surface area contributed by atoms with E-state index >= 15 is 0 Å². The van der Waals surface area contributed by atoms with Gasteiger partial charge in [-0.1, -0.05) is 30.7 Å². The highest BCUT2D eigenvalue weighted by atomic mass is 14.4. The molecule has 1 spiro atoms. The van der Waals surface area contributed by atoms with E-state index in [0.29, 0.717) is 5.41 Å². The summed E-state index contributed by atoms with van der Waals surface area (Å²) < 4.78 is 0.